The lowest BCUT2D eigenvalue weighted by Crippen LogP contribution is -2.00. The second-order valence-corrected chi connectivity index (χ2v) is 14.4. The number of hydrogen-bond donors (Lipinski definition) is 0. The monoisotopic (exact) mass is 730 g/mol. The molecule has 57 heavy (non-hydrogen) atoms. The van der Waals surface area contributed by atoms with Gasteiger partial charge in [0.05, 0.1) is 11.0 Å². The van der Waals surface area contributed by atoms with Crippen LogP contribution in [-0.4, -0.2) is 19.5 Å². The zero-order valence-electron chi connectivity index (χ0n) is 30.4. The van der Waals surface area contributed by atoms with Crippen LogP contribution in [0.4, 0.5) is 0 Å². The quantitative estimate of drug-likeness (QED) is 0.176. The second-order valence-electron chi connectivity index (χ2n) is 14.4. The molecule has 4 aromatic heterocycles. The SMILES string of the molecule is c1ccc(-c2nc(-c3ccccc3)nc(-c3ccc4c(c3)oc3cc(-c5cccc6c5oc5cc(-n7c8ccccc8c8ccccc87)ccc56)ccc34)n2)cc1. The Kier molecular flexibility index (Phi) is 6.83. The Morgan fingerprint density at radius 1 is 0.333 bits per heavy atom. The highest BCUT2D eigenvalue weighted by atomic mass is 16.3. The number of nitrogens with zero attached hydrogens (tertiary/aromatic N) is 4. The predicted molar refractivity (Wildman–Crippen MR) is 230 cm³/mol. The Balaban J connectivity index is 0.953. The Hall–Kier alpha value is -7.83. The fourth-order valence-electron chi connectivity index (χ4n) is 8.38. The van der Waals surface area contributed by atoms with Crippen molar-refractivity contribution in [3.63, 3.8) is 0 Å². The van der Waals surface area contributed by atoms with E-state index in [1.807, 2.05) is 66.7 Å². The number of benzene rings is 8. The molecular weight excluding hydrogens is 701 g/mol. The highest BCUT2D eigenvalue weighted by Crippen LogP contribution is 2.40. The third-order valence-electron chi connectivity index (χ3n) is 11.1. The molecule has 0 bridgehead atoms. The highest BCUT2D eigenvalue weighted by Gasteiger charge is 2.18. The molecule has 12 rings (SSSR count). The summed E-state index contributed by atoms with van der Waals surface area (Å²) >= 11 is 0. The van der Waals surface area contributed by atoms with Crippen LogP contribution in [-0.2, 0) is 0 Å². The van der Waals surface area contributed by atoms with Gasteiger partial charge in [-0.15, -0.1) is 0 Å². The van der Waals surface area contributed by atoms with E-state index in [4.69, 9.17) is 23.8 Å². The first kappa shape index (κ1) is 31.5. The van der Waals surface area contributed by atoms with Crippen molar-refractivity contribution >= 4 is 65.7 Å². The summed E-state index contributed by atoms with van der Waals surface area (Å²) in [6.45, 7) is 0. The Bertz CT molecular complexity index is 3410. The van der Waals surface area contributed by atoms with E-state index in [1.54, 1.807) is 0 Å². The van der Waals surface area contributed by atoms with Crippen molar-refractivity contribution in [3.8, 4) is 51.0 Å². The lowest BCUT2D eigenvalue weighted by Gasteiger charge is -2.08. The highest BCUT2D eigenvalue weighted by molar-refractivity contribution is 6.13. The minimum absolute atomic E-state index is 0.587. The normalized spacial score (nSPS) is 11.9. The van der Waals surface area contributed by atoms with Gasteiger partial charge in [-0.1, -0.05) is 127 Å². The van der Waals surface area contributed by atoms with Crippen molar-refractivity contribution in [2.45, 2.75) is 0 Å². The van der Waals surface area contributed by atoms with Gasteiger partial charge in [0, 0.05) is 66.3 Å². The maximum absolute atomic E-state index is 6.76. The lowest BCUT2D eigenvalue weighted by atomic mass is 10.0. The number of aromatic nitrogens is 4. The van der Waals surface area contributed by atoms with Crippen molar-refractivity contribution in [2.75, 3.05) is 0 Å². The van der Waals surface area contributed by atoms with Crippen LogP contribution in [0.5, 0.6) is 0 Å². The van der Waals surface area contributed by atoms with Crippen LogP contribution < -0.4 is 0 Å². The molecule has 0 amide bonds. The molecule has 0 fully saturated rings. The molecule has 266 valence electrons. The number of hydrogen-bond acceptors (Lipinski definition) is 5. The van der Waals surface area contributed by atoms with Crippen molar-refractivity contribution in [3.05, 3.63) is 182 Å². The summed E-state index contributed by atoms with van der Waals surface area (Å²) in [5, 5.41) is 6.69. The first-order valence-electron chi connectivity index (χ1n) is 19.0. The number of fused-ring (bicyclic) bond motifs is 9. The Labute approximate surface area is 325 Å². The molecule has 0 aliphatic heterocycles. The van der Waals surface area contributed by atoms with E-state index in [0.29, 0.717) is 17.5 Å². The van der Waals surface area contributed by atoms with E-state index >= 15 is 0 Å². The smallest absolute Gasteiger partial charge is 0.164 e. The van der Waals surface area contributed by atoms with Crippen LogP contribution >= 0.6 is 0 Å². The molecule has 4 heterocycles. The van der Waals surface area contributed by atoms with E-state index in [1.165, 1.54) is 21.8 Å². The summed E-state index contributed by atoms with van der Waals surface area (Å²) < 4.78 is 15.7. The van der Waals surface area contributed by atoms with Crippen molar-refractivity contribution in [1.29, 1.82) is 0 Å². The number of furan rings is 2. The van der Waals surface area contributed by atoms with Crippen LogP contribution in [0.25, 0.3) is 117 Å². The maximum atomic E-state index is 6.76. The van der Waals surface area contributed by atoms with E-state index in [2.05, 4.69) is 120 Å². The average molecular weight is 731 g/mol. The summed E-state index contributed by atoms with van der Waals surface area (Å²) in [5.74, 6) is 1.83. The van der Waals surface area contributed by atoms with Gasteiger partial charge >= 0.3 is 0 Å². The van der Waals surface area contributed by atoms with Crippen molar-refractivity contribution in [2.24, 2.45) is 0 Å². The van der Waals surface area contributed by atoms with Gasteiger partial charge in [0.25, 0.3) is 0 Å². The standard InChI is InChI=1S/C51H30N4O2/c1-3-12-31(13-4-1)49-52-50(32-14-5-2-6-15-32)54-51(53-49)34-23-26-40-39-25-22-33(28-45(39)56-46(40)29-34)36-18-11-19-42-41-27-24-35(30-47(41)57-48(36)42)55-43-20-9-7-16-37(43)38-17-8-10-21-44(38)55/h1-30H. The molecule has 0 spiro atoms. The van der Waals surface area contributed by atoms with Gasteiger partial charge < -0.3 is 13.4 Å². The van der Waals surface area contributed by atoms with E-state index in [-0.39, 0.29) is 0 Å². The molecule has 0 saturated carbocycles. The summed E-state index contributed by atoms with van der Waals surface area (Å²) in [7, 11) is 0. The largest absolute Gasteiger partial charge is 0.456 e. The van der Waals surface area contributed by atoms with Crippen molar-refractivity contribution in [1.82, 2.24) is 19.5 Å². The zero-order valence-corrected chi connectivity index (χ0v) is 30.4. The van der Waals surface area contributed by atoms with Crippen LogP contribution in [0.1, 0.15) is 0 Å². The van der Waals surface area contributed by atoms with Crippen LogP contribution in [0.3, 0.4) is 0 Å². The first-order valence-corrected chi connectivity index (χ1v) is 19.0. The molecule has 0 radical (unpaired) electrons. The van der Waals surface area contributed by atoms with E-state index in [0.717, 1.165) is 77.4 Å². The second kappa shape index (κ2) is 12.3. The molecule has 0 saturated heterocycles. The summed E-state index contributed by atoms with van der Waals surface area (Å²) in [4.78, 5) is 14.7. The molecule has 8 aromatic carbocycles. The van der Waals surface area contributed by atoms with Crippen molar-refractivity contribution < 1.29 is 8.83 Å². The molecule has 6 nitrogen and oxygen atoms in total. The maximum Gasteiger partial charge on any atom is 0.164 e. The lowest BCUT2D eigenvalue weighted by molar-refractivity contribution is 0.668. The van der Waals surface area contributed by atoms with Gasteiger partial charge in [-0.05, 0) is 54.1 Å². The molecule has 0 unspecified atom stereocenters. The third-order valence-corrected chi connectivity index (χ3v) is 11.1. The third kappa shape index (κ3) is 5.01. The van der Waals surface area contributed by atoms with E-state index < -0.39 is 0 Å². The van der Waals surface area contributed by atoms with E-state index in [9.17, 15) is 0 Å². The first-order chi connectivity index (χ1) is 28.2. The van der Waals surface area contributed by atoms with Gasteiger partial charge in [-0.2, -0.15) is 0 Å². The van der Waals surface area contributed by atoms with Crippen LogP contribution in [0.15, 0.2) is 191 Å². The van der Waals surface area contributed by atoms with Crippen LogP contribution in [0.2, 0.25) is 0 Å². The van der Waals surface area contributed by atoms with Crippen LogP contribution in [0, 0.1) is 0 Å². The Morgan fingerprint density at radius 3 is 1.47 bits per heavy atom. The molecule has 0 atom stereocenters. The van der Waals surface area contributed by atoms with Gasteiger partial charge in [0.1, 0.15) is 22.3 Å². The summed E-state index contributed by atoms with van der Waals surface area (Å²) in [6.07, 6.45) is 0. The fourth-order valence-corrected chi connectivity index (χ4v) is 8.38. The molecule has 0 aliphatic carbocycles. The van der Waals surface area contributed by atoms with Gasteiger partial charge in [-0.3, -0.25) is 0 Å². The Morgan fingerprint density at radius 2 is 0.825 bits per heavy atom. The van der Waals surface area contributed by atoms with Gasteiger partial charge in [0.15, 0.2) is 17.5 Å². The molecule has 0 N–H and O–H groups in total. The zero-order chi connectivity index (χ0) is 37.5. The minimum Gasteiger partial charge on any atom is -0.456 e. The fraction of sp³-hybridized carbons (Fsp3) is 0. The van der Waals surface area contributed by atoms with Gasteiger partial charge in [-0.25, -0.2) is 15.0 Å². The average Bonchev–Trinajstić information content (AvgIpc) is 3.95. The number of para-hydroxylation sites is 3. The molecular formula is C51H30N4O2. The summed E-state index contributed by atoms with van der Waals surface area (Å²) in [6, 6.07) is 62.7. The molecule has 12 aromatic rings. The number of rotatable bonds is 5. The topological polar surface area (TPSA) is 69.9 Å². The minimum atomic E-state index is 0.587. The summed E-state index contributed by atoms with van der Waals surface area (Å²) in [5.41, 5.74) is 11.4. The molecule has 6 heteroatoms. The molecule has 0 aliphatic rings. The van der Waals surface area contributed by atoms with Gasteiger partial charge in [0.2, 0.25) is 0 Å². The predicted octanol–water partition coefficient (Wildman–Crippen LogP) is 13.4.